The van der Waals surface area contributed by atoms with Gasteiger partial charge in [-0.3, -0.25) is 4.79 Å². The molecular weight excluding hydrogens is 280 g/mol. The largest absolute Gasteiger partial charge is 0.382 e. The molecule has 0 unspecified atom stereocenters. The Morgan fingerprint density at radius 3 is 2.80 bits per heavy atom. The third-order valence-corrected chi connectivity index (χ3v) is 3.52. The van der Waals surface area contributed by atoms with Gasteiger partial charge in [-0.1, -0.05) is 12.1 Å². The lowest BCUT2D eigenvalue weighted by atomic mass is 10.2. The van der Waals surface area contributed by atoms with Crippen molar-refractivity contribution in [3.05, 3.63) is 29.8 Å². The predicted octanol–water partition coefficient (Wildman–Crippen LogP) is 0.767. The van der Waals surface area contributed by atoms with Gasteiger partial charge < -0.3 is 10.1 Å². The number of carbonyl (C=O) groups is 1. The van der Waals surface area contributed by atoms with Crippen LogP contribution in [0.5, 0.6) is 0 Å². The SMILES string of the molecule is CCOCCCC(=O)NCc1cccc(S(N)(=O)=O)c1. The highest BCUT2D eigenvalue weighted by Crippen LogP contribution is 2.09. The predicted molar refractivity (Wildman–Crippen MR) is 75.4 cm³/mol. The van der Waals surface area contributed by atoms with Gasteiger partial charge >= 0.3 is 0 Å². The molecule has 3 N–H and O–H groups in total. The first-order valence-corrected chi connectivity index (χ1v) is 7.94. The van der Waals surface area contributed by atoms with Gasteiger partial charge in [0.15, 0.2) is 0 Å². The van der Waals surface area contributed by atoms with Crippen LogP contribution < -0.4 is 10.5 Å². The van der Waals surface area contributed by atoms with E-state index in [0.717, 1.165) is 0 Å². The zero-order valence-electron chi connectivity index (χ0n) is 11.5. The number of carbonyl (C=O) groups excluding carboxylic acids is 1. The van der Waals surface area contributed by atoms with E-state index in [1.807, 2.05) is 6.92 Å². The van der Waals surface area contributed by atoms with Crippen molar-refractivity contribution in [1.29, 1.82) is 0 Å². The lowest BCUT2D eigenvalue weighted by Crippen LogP contribution is -2.23. The Balaban J connectivity index is 2.44. The lowest BCUT2D eigenvalue weighted by Gasteiger charge is -2.07. The molecular formula is C13H20N2O4S. The fourth-order valence-electron chi connectivity index (χ4n) is 1.60. The minimum Gasteiger partial charge on any atom is -0.382 e. The maximum atomic E-state index is 11.6. The zero-order chi connectivity index (χ0) is 15.0. The highest BCUT2D eigenvalue weighted by Gasteiger charge is 2.08. The molecule has 1 aromatic rings. The van der Waals surface area contributed by atoms with Crippen LogP contribution in [0.25, 0.3) is 0 Å². The molecule has 112 valence electrons. The van der Waals surface area contributed by atoms with Crippen LogP contribution in [0.4, 0.5) is 0 Å². The van der Waals surface area contributed by atoms with Crippen molar-refractivity contribution >= 4 is 15.9 Å². The zero-order valence-corrected chi connectivity index (χ0v) is 12.3. The van der Waals surface area contributed by atoms with Crippen molar-refractivity contribution in [1.82, 2.24) is 5.32 Å². The number of hydrogen-bond acceptors (Lipinski definition) is 4. The molecule has 1 rings (SSSR count). The first-order valence-electron chi connectivity index (χ1n) is 6.39. The van der Waals surface area contributed by atoms with Crippen molar-refractivity contribution < 1.29 is 17.9 Å². The van der Waals surface area contributed by atoms with E-state index in [1.54, 1.807) is 12.1 Å². The molecule has 0 spiro atoms. The van der Waals surface area contributed by atoms with Crippen LogP contribution in [-0.2, 0) is 26.1 Å². The van der Waals surface area contributed by atoms with E-state index in [4.69, 9.17) is 9.88 Å². The smallest absolute Gasteiger partial charge is 0.238 e. The summed E-state index contributed by atoms with van der Waals surface area (Å²) in [5, 5.41) is 7.77. The van der Waals surface area contributed by atoms with Crippen molar-refractivity contribution in [3.63, 3.8) is 0 Å². The lowest BCUT2D eigenvalue weighted by molar-refractivity contribution is -0.121. The number of ether oxygens (including phenoxy) is 1. The van der Waals surface area contributed by atoms with Gasteiger partial charge in [0.05, 0.1) is 4.90 Å². The van der Waals surface area contributed by atoms with Gasteiger partial charge in [0, 0.05) is 26.2 Å². The van der Waals surface area contributed by atoms with Crippen molar-refractivity contribution in [2.45, 2.75) is 31.2 Å². The standard InChI is InChI=1S/C13H20N2O4S/c1-2-19-8-4-7-13(16)15-10-11-5-3-6-12(9-11)20(14,17)18/h3,5-6,9H,2,4,7-8,10H2,1H3,(H,15,16)(H2,14,17,18). The monoisotopic (exact) mass is 300 g/mol. The van der Waals surface area contributed by atoms with Crippen molar-refractivity contribution in [2.24, 2.45) is 5.14 Å². The molecule has 0 heterocycles. The number of rotatable bonds is 8. The van der Waals surface area contributed by atoms with E-state index >= 15 is 0 Å². The van der Waals surface area contributed by atoms with Gasteiger partial charge in [-0.05, 0) is 31.0 Å². The second kappa shape index (κ2) is 7.98. The van der Waals surface area contributed by atoms with Gasteiger partial charge in [-0.25, -0.2) is 13.6 Å². The van der Waals surface area contributed by atoms with Crippen LogP contribution >= 0.6 is 0 Å². The molecule has 0 saturated heterocycles. The molecule has 0 atom stereocenters. The molecule has 0 bridgehead atoms. The van der Waals surface area contributed by atoms with E-state index in [-0.39, 0.29) is 17.3 Å². The topological polar surface area (TPSA) is 98.5 Å². The van der Waals surface area contributed by atoms with Crippen LogP contribution in [0.1, 0.15) is 25.3 Å². The van der Waals surface area contributed by atoms with E-state index in [2.05, 4.69) is 5.32 Å². The number of primary sulfonamides is 1. The Morgan fingerprint density at radius 1 is 1.40 bits per heavy atom. The molecule has 0 aliphatic heterocycles. The molecule has 0 aromatic heterocycles. The molecule has 0 radical (unpaired) electrons. The number of amides is 1. The Morgan fingerprint density at radius 2 is 2.15 bits per heavy atom. The van der Waals surface area contributed by atoms with E-state index in [9.17, 15) is 13.2 Å². The summed E-state index contributed by atoms with van der Waals surface area (Å²) in [7, 11) is -3.71. The molecule has 1 amide bonds. The fourth-order valence-corrected chi connectivity index (χ4v) is 2.18. The molecule has 6 nitrogen and oxygen atoms in total. The maximum absolute atomic E-state index is 11.6. The minimum absolute atomic E-state index is 0.0422. The van der Waals surface area contributed by atoms with Gasteiger partial charge in [-0.15, -0.1) is 0 Å². The van der Waals surface area contributed by atoms with Crippen LogP contribution in [-0.4, -0.2) is 27.5 Å². The third kappa shape index (κ3) is 6.14. The number of hydrogen-bond donors (Lipinski definition) is 2. The summed E-state index contributed by atoms with van der Waals surface area (Å²) in [6, 6.07) is 6.20. The van der Waals surface area contributed by atoms with E-state index < -0.39 is 10.0 Å². The van der Waals surface area contributed by atoms with E-state index in [0.29, 0.717) is 31.6 Å². The van der Waals surface area contributed by atoms with Gasteiger partial charge in [0.1, 0.15) is 0 Å². The Bertz CT molecular complexity index is 543. The number of sulfonamides is 1. The summed E-state index contributed by atoms with van der Waals surface area (Å²) in [4.78, 5) is 11.6. The first kappa shape index (κ1) is 16.6. The van der Waals surface area contributed by atoms with Crippen LogP contribution in [0, 0.1) is 0 Å². The molecule has 0 aliphatic carbocycles. The molecule has 0 saturated carbocycles. The summed E-state index contributed by atoms with van der Waals surface area (Å²) in [5.74, 6) is -0.0919. The number of nitrogens with two attached hydrogens (primary N) is 1. The summed E-state index contributed by atoms with van der Waals surface area (Å²) in [6.07, 6.45) is 1.05. The highest BCUT2D eigenvalue weighted by atomic mass is 32.2. The molecule has 0 fully saturated rings. The molecule has 0 aliphatic rings. The Labute approximate surface area is 119 Å². The number of benzene rings is 1. The van der Waals surface area contributed by atoms with Crippen LogP contribution in [0.3, 0.4) is 0 Å². The molecule has 7 heteroatoms. The highest BCUT2D eigenvalue weighted by molar-refractivity contribution is 7.89. The maximum Gasteiger partial charge on any atom is 0.238 e. The summed E-state index contributed by atoms with van der Waals surface area (Å²) < 4.78 is 27.5. The van der Waals surface area contributed by atoms with Gasteiger partial charge in [0.2, 0.25) is 15.9 Å². The summed E-state index contributed by atoms with van der Waals surface area (Å²) >= 11 is 0. The summed E-state index contributed by atoms with van der Waals surface area (Å²) in [5.41, 5.74) is 0.690. The van der Waals surface area contributed by atoms with Crippen molar-refractivity contribution in [3.8, 4) is 0 Å². The Kier molecular flexibility index (Phi) is 6.63. The van der Waals surface area contributed by atoms with E-state index in [1.165, 1.54) is 12.1 Å². The Hall–Kier alpha value is -1.44. The second-order valence-corrected chi connectivity index (χ2v) is 5.83. The third-order valence-electron chi connectivity index (χ3n) is 2.61. The first-order chi connectivity index (χ1) is 9.43. The number of nitrogens with one attached hydrogen (secondary N) is 1. The normalized spacial score (nSPS) is 11.3. The van der Waals surface area contributed by atoms with Crippen LogP contribution in [0.2, 0.25) is 0 Å². The van der Waals surface area contributed by atoms with Crippen LogP contribution in [0.15, 0.2) is 29.2 Å². The van der Waals surface area contributed by atoms with Crippen molar-refractivity contribution in [2.75, 3.05) is 13.2 Å². The van der Waals surface area contributed by atoms with Gasteiger partial charge in [0.25, 0.3) is 0 Å². The molecule has 1 aromatic carbocycles. The average Bonchev–Trinajstić information content (AvgIpc) is 2.41. The fraction of sp³-hybridized carbons (Fsp3) is 0.462. The summed E-state index contributed by atoms with van der Waals surface area (Å²) in [6.45, 7) is 3.38. The average molecular weight is 300 g/mol. The molecule has 20 heavy (non-hydrogen) atoms. The minimum atomic E-state index is -3.71. The second-order valence-electron chi connectivity index (χ2n) is 4.27. The van der Waals surface area contributed by atoms with Gasteiger partial charge in [-0.2, -0.15) is 0 Å². The quantitative estimate of drug-likeness (QED) is 0.693.